The van der Waals surface area contributed by atoms with Crippen molar-refractivity contribution in [3.05, 3.63) is 77.5 Å². The molecule has 0 saturated carbocycles. The third-order valence-electron chi connectivity index (χ3n) is 4.28. The van der Waals surface area contributed by atoms with Crippen LogP contribution in [0, 0.1) is 0 Å². The van der Waals surface area contributed by atoms with Crippen LogP contribution in [0.4, 0.5) is 5.69 Å². The van der Waals surface area contributed by atoms with Crippen LogP contribution in [0.3, 0.4) is 0 Å². The second-order valence-corrected chi connectivity index (χ2v) is 6.31. The summed E-state index contributed by atoms with van der Waals surface area (Å²) in [7, 11) is 0. The average Bonchev–Trinajstić information content (AvgIpc) is 3.23. The molecule has 140 valence electrons. The van der Waals surface area contributed by atoms with Gasteiger partial charge in [0.05, 0.1) is 22.8 Å². The normalized spacial score (nSPS) is 10.9. The Morgan fingerprint density at radius 1 is 1.18 bits per heavy atom. The fraction of sp³-hybridized carbons (Fsp3) is 0.150. The zero-order valence-corrected chi connectivity index (χ0v) is 15.0. The number of aromatic amines is 1. The Morgan fingerprint density at radius 3 is 2.86 bits per heavy atom. The molecule has 3 aromatic heterocycles. The Morgan fingerprint density at radius 2 is 2.07 bits per heavy atom. The van der Waals surface area contributed by atoms with E-state index in [4.69, 9.17) is 0 Å². The first kappa shape index (κ1) is 17.6. The standard InChI is InChI=1S/C20H18N6O2/c27-19(23-14-8-9-18(22-12-14)26-11-10-21-13-26)7-3-6-17-24-16-5-2-1-4-15(16)20(28)25-17/h1-2,4-5,8-13H,3,6-7H2,(H,23,27)(H,24,25,28). The number of rotatable bonds is 6. The lowest BCUT2D eigenvalue weighted by Gasteiger charge is -2.07. The predicted molar refractivity (Wildman–Crippen MR) is 105 cm³/mol. The van der Waals surface area contributed by atoms with E-state index in [2.05, 4.69) is 25.3 Å². The zero-order chi connectivity index (χ0) is 19.3. The Kier molecular flexibility index (Phi) is 4.92. The van der Waals surface area contributed by atoms with Crippen molar-refractivity contribution in [2.75, 3.05) is 5.32 Å². The number of para-hydroxylation sites is 1. The number of carbonyl (C=O) groups excluding carboxylic acids is 1. The van der Waals surface area contributed by atoms with Gasteiger partial charge in [-0.1, -0.05) is 12.1 Å². The summed E-state index contributed by atoms with van der Waals surface area (Å²) < 4.78 is 1.78. The van der Waals surface area contributed by atoms with Crippen LogP contribution in [0.5, 0.6) is 0 Å². The van der Waals surface area contributed by atoms with Crippen LogP contribution in [-0.2, 0) is 11.2 Å². The maximum atomic E-state index is 12.1. The highest BCUT2D eigenvalue weighted by atomic mass is 16.1. The van der Waals surface area contributed by atoms with E-state index in [1.807, 2.05) is 6.07 Å². The van der Waals surface area contributed by atoms with Gasteiger partial charge in [0.25, 0.3) is 5.56 Å². The topological polar surface area (TPSA) is 106 Å². The van der Waals surface area contributed by atoms with Crippen LogP contribution in [-0.4, -0.2) is 30.4 Å². The monoisotopic (exact) mass is 374 g/mol. The summed E-state index contributed by atoms with van der Waals surface area (Å²) in [6.45, 7) is 0. The molecule has 0 spiro atoms. The van der Waals surface area contributed by atoms with E-state index < -0.39 is 0 Å². The smallest absolute Gasteiger partial charge is 0.258 e. The molecule has 8 nitrogen and oxygen atoms in total. The number of anilines is 1. The van der Waals surface area contributed by atoms with E-state index in [-0.39, 0.29) is 11.5 Å². The molecule has 0 saturated heterocycles. The molecule has 0 bridgehead atoms. The molecular formula is C20H18N6O2. The molecule has 0 aliphatic carbocycles. The number of aryl methyl sites for hydroxylation is 1. The van der Waals surface area contributed by atoms with Gasteiger partial charge < -0.3 is 10.3 Å². The Labute approximate surface area is 160 Å². The Hall–Kier alpha value is -3.81. The highest BCUT2D eigenvalue weighted by Crippen LogP contribution is 2.11. The van der Waals surface area contributed by atoms with Crippen molar-refractivity contribution < 1.29 is 4.79 Å². The number of pyridine rings is 1. The molecule has 2 N–H and O–H groups in total. The van der Waals surface area contributed by atoms with Gasteiger partial charge >= 0.3 is 0 Å². The van der Waals surface area contributed by atoms with E-state index in [0.29, 0.717) is 41.7 Å². The summed E-state index contributed by atoms with van der Waals surface area (Å²) in [5.74, 6) is 1.20. The van der Waals surface area contributed by atoms with Crippen molar-refractivity contribution in [3.63, 3.8) is 0 Å². The molecule has 1 aromatic carbocycles. The van der Waals surface area contributed by atoms with Gasteiger partial charge in [-0.25, -0.2) is 15.0 Å². The third kappa shape index (κ3) is 3.96. The molecule has 0 fully saturated rings. The second kappa shape index (κ2) is 7.83. The minimum atomic E-state index is -0.158. The minimum Gasteiger partial charge on any atom is -0.325 e. The molecule has 0 atom stereocenters. The van der Waals surface area contributed by atoms with Gasteiger partial charge in [-0.05, 0) is 30.7 Å². The van der Waals surface area contributed by atoms with Crippen molar-refractivity contribution >= 4 is 22.5 Å². The number of amides is 1. The summed E-state index contributed by atoms with van der Waals surface area (Å²) in [4.78, 5) is 39.7. The van der Waals surface area contributed by atoms with E-state index in [1.54, 1.807) is 59.8 Å². The summed E-state index contributed by atoms with van der Waals surface area (Å²) in [5, 5.41) is 3.39. The third-order valence-corrected chi connectivity index (χ3v) is 4.28. The van der Waals surface area contributed by atoms with Crippen LogP contribution in [0.25, 0.3) is 16.7 Å². The molecule has 28 heavy (non-hydrogen) atoms. The summed E-state index contributed by atoms with van der Waals surface area (Å²) >= 11 is 0. The fourth-order valence-corrected chi connectivity index (χ4v) is 2.90. The number of carbonyl (C=O) groups is 1. The number of aromatic nitrogens is 5. The Balaban J connectivity index is 1.32. The van der Waals surface area contributed by atoms with E-state index in [9.17, 15) is 9.59 Å². The molecule has 0 unspecified atom stereocenters. The van der Waals surface area contributed by atoms with Gasteiger partial charge in [-0.3, -0.25) is 14.2 Å². The largest absolute Gasteiger partial charge is 0.325 e. The van der Waals surface area contributed by atoms with Crippen LogP contribution < -0.4 is 10.9 Å². The molecule has 0 radical (unpaired) electrons. The van der Waals surface area contributed by atoms with Gasteiger partial charge in [0.2, 0.25) is 5.91 Å². The molecule has 4 rings (SSSR count). The molecule has 0 aliphatic rings. The Bertz CT molecular complexity index is 1150. The number of H-pyrrole nitrogens is 1. The number of nitrogens with zero attached hydrogens (tertiary/aromatic N) is 4. The molecule has 1 amide bonds. The van der Waals surface area contributed by atoms with Crippen molar-refractivity contribution in [1.82, 2.24) is 24.5 Å². The number of hydrogen-bond acceptors (Lipinski definition) is 5. The van der Waals surface area contributed by atoms with Gasteiger partial charge in [-0.2, -0.15) is 0 Å². The minimum absolute atomic E-state index is 0.111. The number of nitrogens with one attached hydrogen (secondary N) is 2. The van der Waals surface area contributed by atoms with E-state index >= 15 is 0 Å². The summed E-state index contributed by atoms with van der Waals surface area (Å²) in [5.41, 5.74) is 1.13. The molecule has 3 heterocycles. The van der Waals surface area contributed by atoms with Crippen molar-refractivity contribution in [2.24, 2.45) is 0 Å². The lowest BCUT2D eigenvalue weighted by atomic mass is 10.2. The first-order valence-electron chi connectivity index (χ1n) is 8.91. The number of benzene rings is 1. The SMILES string of the molecule is O=C(CCCc1nc2ccccc2c(=O)[nH]1)Nc1ccc(-n2ccnc2)nc1. The summed E-state index contributed by atoms with van der Waals surface area (Å²) in [6, 6.07) is 10.8. The predicted octanol–water partition coefficient (Wildman–Crippen LogP) is 2.47. The lowest BCUT2D eigenvalue weighted by Crippen LogP contribution is -2.14. The van der Waals surface area contributed by atoms with E-state index in [1.165, 1.54) is 0 Å². The van der Waals surface area contributed by atoms with Crippen molar-refractivity contribution in [2.45, 2.75) is 19.3 Å². The van der Waals surface area contributed by atoms with Gasteiger partial charge in [-0.15, -0.1) is 0 Å². The quantitative estimate of drug-likeness (QED) is 0.539. The van der Waals surface area contributed by atoms with Crippen LogP contribution >= 0.6 is 0 Å². The summed E-state index contributed by atoms with van der Waals surface area (Å²) in [6.07, 6.45) is 8.15. The number of hydrogen-bond donors (Lipinski definition) is 2. The van der Waals surface area contributed by atoms with Crippen LogP contribution in [0.2, 0.25) is 0 Å². The zero-order valence-electron chi connectivity index (χ0n) is 15.0. The van der Waals surface area contributed by atoms with E-state index in [0.717, 1.165) is 5.82 Å². The first-order chi connectivity index (χ1) is 13.7. The molecule has 8 heteroatoms. The van der Waals surface area contributed by atoms with Crippen molar-refractivity contribution in [1.29, 1.82) is 0 Å². The van der Waals surface area contributed by atoms with Crippen molar-refractivity contribution in [3.8, 4) is 5.82 Å². The maximum absolute atomic E-state index is 12.1. The van der Waals surface area contributed by atoms with Gasteiger partial charge in [0.15, 0.2) is 0 Å². The maximum Gasteiger partial charge on any atom is 0.258 e. The number of fused-ring (bicyclic) bond motifs is 1. The molecular weight excluding hydrogens is 356 g/mol. The van der Waals surface area contributed by atoms with Gasteiger partial charge in [0, 0.05) is 25.2 Å². The van der Waals surface area contributed by atoms with Crippen LogP contribution in [0.1, 0.15) is 18.7 Å². The first-order valence-corrected chi connectivity index (χ1v) is 8.91. The molecule has 0 aliphatic heterocycles. The molecule has 4 aromatic rings. The van der Waals surface area contributed by atoms with Crippen LogP contribution in [0.15, 0.2) is 66.1 Å². The fourth-order valence-electron chi connectivity index (χ4n) is 2.90. The second-order valence-electron chi connectivity index (χ2n) is 6.31. The highest BCUT2D eigenvalue weighted by Gasteiger charge is 2.07. The lowest BCUT2D eigenvalue weighted by molar-refractivity contribution is -0.116. The van der Waals surface area contributed by atoms with Gasteiger partial charge in [0.1, 0.15) is 18.0 Å². The number of imidazole rings is 1. The highest BCUT2D eigenvalue weighted by molar-refractivity contribution is 5.90. The average molecular weight is 374 g/mol.